The minimum absolute atomic E-state index is 0.448. The van der Waals surface area contributed by atoms with E-state index in [1.807, 2.05) is 25.3 Å². The average Bonchev–Trinajstić information content (AvgIpc) is 2.57. The molecule has 16 heavy (non-hydrogen) atoms. The van der Waals surface area contributed by atoms with Crippen LogP contribution in [0.5, 0.6) is 0 Å². The van der Waals surface area contributed by atoms with E-state index in [-0.39, 0.29) is 0 Å². The highest BCUT2D eigenvalue weighted by Gasteiger charge is 2.13. The molecule has 0 aliphatic heterocycles. The summed E-state index contributed by atoms with van der Waals surface area (Å²) in [7, 11) is 0. The molecule has 0 aliphatic rings. The van der Waals surface area contributed by atoms with Crippen LogP contribution in [0.15, 0.2) is 18.3 Å². The van der Waals surface area contributed by atoms with Crippen molar-refractivity contribution in [3.8, 4) is 0 Å². The third kappa shape index (κ3) is 1.72. The molecule has 0 radical (unpaired) electrons. The number of benzene rings is 1. The van der Waals surface area contributed by atoms with E-state index in [4.69, 9.17) is 11.6 Å². The van der Waals surface area contributed by atoms with Crippen LogP contribution in [-0.2, 0) is 6.54 Å². The number of nitrogens with zero attached hydrogens (tertiary/aromatic N) is 1. The standard InChI is InChI=1S/C13H16ClNO/c1-4-15-7-11(9(3)16)10-5-8(2)12(14)6-13(10)15/h5-7,9,16H,4H2,1-3H3. The van der Waals surface area contributed by atoms with E-state index in [0.717, 1.165) is 33.6 Å². The van der Waals surface area contributed by atoms with Crippen molar-refractivity contribution in [2.24, 2.45) is 0 Å². The number of aromatic nitrogens is 1. The summed E-state index contributed by atoms with van der Waals surface area (Å²) < 4.78 is 2.11. The molecule has 1 unspecified atom stereocenters. The minimum atomic E-state index is -0.448. The van der Waals surface area contributed by atoms with Gasteiger partial charge in [0.2, 0.25) is 0 Å². The molecular formula is C13H16ClNO. The maximum absolute atomic E-state index is 9.74. The number of halogens is 1. The van der Waals surface area contributed by atoms with E-state index >= 15 is 0 Å². The number of rotatable bonds is 2. The molecule has 2 aromatic rings. The SMILES string of the molecule is CCn1cc(C(C)O)c2cc(C)c(Cl)cc21. The van der Waals surface area contributed by atoms with Gasteiger partial charge in [-0.1, -0.05) is 11.6 Å². The lowest BCUT2D eigenvalue weighted by atomic mass is 10.1. The first-order valence-electron chi connectivity index (χ1n) is 5.51. The lowest BCUT2D eigenvalue weighted by Crippen LogP contribution is -1.91. The molecule has 2 nitrogen and oxygen atoms in total. The lowest BCUT2D eigenvalue weighted by Gasteiger charge is -2.04. The van der Waals surface area contributed by atoms with E-state index in [1.165, 1.54) is 0 Å². The van der Waals surface area contributed by atoms with Gasteiger partial charge in [0.15, 0.2) is 0 Å². The molecule has 86 valence electrons. The van der Waals surface area contributed by atoms with Gasteiger partial charge < -0.3 is 9.67 Å². The Bertz CT molecular complexity index is 528. The summed E-state index contributed by atoms with van der Waals surface area (Å²) in [5.74, 6) is 0. The maximum atomic E-state index is 9.74. The molecule has 1 N–H and O–H groups in total. The van der Waals surface area contributed by atoms with Gasteiger partial charge in [0.1, 0.15) is 0 Å². The van der Waals surface area contributed by atoms with E-state index < -0.39 is 6.10 Å². The number of aryl methyl sites for hydroxylation is 2. The quantitative estimate of drug-likeness (QED) is 0.847. The molecular weight excluding hydrogens is 222 g/mol. The maximum Gasteiger partial charge on any atom is 0.0782 e. The molecule has 1 heterocycles. The predicted octanol–water partition coefficient (Wildman–Crippen LogP) is 3.68. The van der Waals surface area contributed by atoms with Crippen LogP contribution in [0.2, 0.25) is 5.02 Å². The number of fused-ring (bicyclic) bond motifs is 1. The number of hydrogen-bond acceptors (Lipinski definition) is 1. The van der Waals surface area contributed by atoms with E-state index in [1.54, 1.807) is 6.92 Å². The lowest BCUT2D eigenvalue weighted by molar-refractivity contribution is 0.200. The smallest absolute Gasteiger partial charge is 0.0782 e. The van der Waals surface area contributed by atoms with Crippen molar-refractivity contribution < 1.29 is 5.11 Å². The second-order valence-corrected chi connectivity index (χ2v) is 4.57. The third-order valence-electron chi connectivity index (χ3n) is 2.98. The first-order chi connectivity index (χ1) is 7.54. The van der Waals surface area contributed by atoms with Crippen molar-refractivity contribution >= 4 is 22.5 Å². The van der Waals surface area contributed by atoms with Crippen LogP contribution in [0.3, 0.4) is 0 Å². The fourth-order valence-corrected chi connectivity index (χ4v) is 2.20. The monoisotopic (exact) mass is 237 g/mol. The molecule has 0 amide bonds. The molecule has 0 spiro atoms. The van der Waals surface area contributed by atoms with Gasteiger partial charge in [0.25, 0.3) is 0 Å². The molecule has 0 saturated heterocycles. The second kappa shape index (κ2) is 4.11. The number of aliphatic hydroxyl groups is 1. The summed E-state index contributed by atoms with van der Waals surface area (Å²) in [6.07, 6.45) is 1.56. The zero-order valence-electron chi connectivity index (χ0n) is 9.79. The summed E-state index contributed by atoms with van der Waals surface area (Å²) in [5.41, 5.74) is 3.11. The summed E-state index contributed by atoms with van der Waals surface area (Å²) in [6, 6.07) is 4.02. The summed E-state index contributed by atoms with van der Waals surface area (Å²) >= 11 is 6.13. The zero-order valence-corrected chi connectivity index (χ0v) is 10.5. The van der Waals surface area contributed by atoms with Gasteiger partial charge in [-0.05, 0) is 38.5 Å². The highest BCUT2D eigenvalue weighted by Crippen LogP contribution is 2.30. The van der Waals surface area contributed by atoms with Crippen LogP contribution >= 0.6 is 11.6 Å². The fourth-order valence-electron chi connectivity index (χ4n) is 2.04. The van der Waals surface area contributed by atoms with Gasteiger partial charge in [-0.2, -0.15) is 0 Å². The van der Waals surface area contributed by atoms with Gasteiger partial charge in [0, 0.05) is 34.2 Å². The molecule has 0 saturated carbocycles. The van der Waals surface area contributed by atoms with Crippen molar-refractivity contribution in [2.45, 2.75) is 33.4 Å². The fraction of sp³-hybridized carbons (Fsp3) is 0.385. The first kappa shape index (κ1) is 11.5. The summed E-state index contributed by atoms with van der Waals surface area (Å²) in [4.78, 5) is 0. The molecule has 0 aliphatic carbocycles. The number of aliphatic hydroxyl groups excluding tert-OH is 1. The van der Waals surface area contributed by atoms with Crippen molar-refractivity contribution in [1.29, 1.82) is 0 Å². The van der Waals surface area contributed by atoms with E-state index in [9.17, 15) is 5.11 Å². The summed E-state index contributed by atoms with van der Waals surface area (Å²) in [6.45, 7) is 6.73. The highest BCUT2D eigenvalue weighted by atomic mass is 35.5. The van der Waals surface area contributed by atoms with Gasteiger partial charge in [-0.15, -0.1) is 0 Å². The second-order valence-electron chi connectivity index (χ2n) is 4.16. The van der Waals surface area contributed by atoms with Crippen LogP contribution in [0.1, 0.15) is 31.1 Å². The average molecular weight is 238 g/mol. The van der Waals surface area contributed by atoms with Crippen LogP contribution in [0.4, 0.5) is 0 Å². The van der Waals surface area contributed by atoms with E-state index in [2.05, 4.69) is 11.5 Å². The molecule has 0 bridgehead atoms. The zero-order chi connectivity index (χ0) is 11.9. The minimum Gasteiger partial charge on any atom is -0.389 e. The molecule has 1 aromatic heterocycles. The Morgan fingerprint density at radius 2 is 2.12 bits per heavy atom. The Kier molecular flexibility index (Phi) is 2.96. The molecule has 1 atom stereocenters. The third-order valence-corrected chi connectivity index (χ3v) is 3.39. The molecule has 1 aromatic carbocycles. The van der Waals surface area contributed by atoms with Crippen LogP contribution in [0.25, 0.3) is 10.9 Å². The van der Waals surface area contributed by atoms with Gasteiger partial charge >= 0.3 is 0 Å². The highest BCUT2D eigenvalue weighted by molar-refractivity contribution is 6.32. The van der Waals surface area contributed by atoms with Crippen molar-refractivity contribution in [3.63, 3.8) is 0 Å². The Morgan fingerprint density at radius 1 is 1.44 bits per heavy atom. The molecule has 3 heteroatoms. The Hall–Kier alpha value is -0.990. The van der Waals surface area contributed by atoms with Crippen molar-refractivity contribution in [3.05, 3.63) is 34.5 Å². The largest absolute Gasteiger partial charge is 0.389 e. The van der Waals surface area contributed by atoms with Gasteiger partial charge in [-0.3, -0.25) is 0 Å². The van der Waals surface area contributed by atoms with Crippen molar-refractivity contribution in [1.82, 2.24) is 4.57 Å². The van der Waals surface area contributed by atoms with Crippen molar-refractivity contribution in [2.75, 3.05) is 0 Å². The Balaban J connectivity index is 2.80. The predicted molar refractivity (Wildman–Crippen MR) is 68.0 cm³/mol. The Morgan fingerprint density at radius 3 is 2.69 bits per heavy atom. The summed E-state index contributed by atoms with van der Waals surface area (Å²) in [5, 5.41) is 11.6. The van der Waals surface area contributed by atoms with Gasteiger partial charge in [-0.25, -0.2) is 0 Å². The van der Waals surface area contributed by atoms with E-state index in [0.29, 0.717) is 0 Å². The number of hydrogen-bond donors (Lipinski definition) is 1. The van der Waals surface area contributed by atoms with Crippen LogP contribution < -0.4 is 0 Å². The molecule has 0 fully saturated rings. The topological polar surface area (TPSA) is 25.2 Å². The van der Waals surface area contributed by atoms with Gasteiger partial charge in [0.05, 0.1) is 6.10 Å². The van der Waals surface area contributed by atoms with Crippen LogP contribution in [-0.4, -0.2) is 9.67 Å². The molecule has 2 rings (SSSR count). The normalized spacial score (nSPS) is 13.3. The van der Waals surface area contributed by atoms with Crippen LogP contribution in [0, 0.1) is 6.92 Å². The first-order valence-corrected chi connectivity index (χ1v) is 5.89. The Labute approximate surface area is 100 Å².